The van der Waals surface area contributed by atoms with E-state index in [0.717, 1.165) is 25.2 Å². The van der Waals surface area contributed by atoms with Gasteiger partial charge in [-0.25, -0.2) is 5.43 Å². The summed E-state index contributed by atoms with van der Waals surface area (Å²) >= 11 is 4.15. The van der Waals surface area contributed by atoms with Gasteiger partial charge in [-0.05, 0) is 19.5 Å². The third-order valence-corrected chi connectivity index (χ3v) is 1.95. The maximum absolute atomic E-state index is 4.15. The second-order valence-electron chi connectivity index (χ2n) is 2.55. The summed E-state index contributed by atoms with van der Waals surface area (Å²) in [4.78, 5) is 0. The third kappa shape index (κ3) is 6.69. The van der Waals surface area contributed by atoms with E-state index < -0.39 is 0 Å². The summed E-state index contributed by atoms with van der Waals surface area (Å²) in [6.45, 7) is 7.50. The number of hydrogen-bond donors (Lipinski definition) is 3. The van der Waals surface area contributed by atoms with Crippen molar-refractivity contribution in [1.82, 2.24) is 15.2 Å². The highest BCUT2D eigenvalue weighted by atomic mass is 32.1. The van der Waals surface area contributed by atoms with E-state index in [4.69, 9.17) is 0 Å². The smallest absolute Gasteiger partial charge is 0.0415 e. The first-order valence-electron chi connectivity index (χ1n) is 4.44. The molecule has 76 valence electrons. The van der Waals surface area contributed by atoms with E-state index in [2.05, 4.69) is 43.1 Å². The van der Waals surface area contributed by atoms with Crippen LogP contribution in [0.15, 0.2) is 24.4 Å². The number of nitrogens with zero attached hydrogens (tertiary/aromatic N) is 1. The van der Waals surface area contributed by atoms with Gasteiger partial charge in [-0.15, -0.1) is 0 Å². The predicted octanol–water partition coefficient (Wildman–Crippen LogP) is 1.34. The Bertz CT molecular complexity index is 168. The van der Waals surface area contributed by atoms with Crippen molar-refractivity contribution in [2.75, 3.05) is 20.1 Å². The maximum atomic E-state index is 4.15. The van der Waals surface area contributed by atoms with Gasteiger partial charge < -0.3 is 5.32 Å². The Morgan fingerprint density at radius 1 is 1.62 bits per heavy atom. The fourth-order valence-corrected chi connectivity index (χ4v) is 0.966. The first-order valence-corrected chi connectivity index (χ1v) is 4.84. The van der Waals surface area contributed by atoms with E-state index in [1.165, 1.54) is 0 Å². The third-order valence-electron chi connectivity index (χ3n) is 1.55. The second kappa shape index (κ2) is 8.16. The SMILES string of the molecule is C=CC(=CCC)NCCN(S)NC. The van der Waals surface area contributed by atoms with Crippen molar-refractivity contribution < 1.29 is 0 Å². The van der Waals surface area contributed by atoms with E-state index in [0.29, 0.717) is 0 Å². The summed E-state index contributed by atoms with van der Waals surface area (Å²) in [6, 6.07) is 0. The standard InChI is InChI=1S/C9H19N3S/c1-4-6-9(5-2)11-7-8-12(13)10-3/h5-6,10-11,13H,2,4,7-8H2,1,3H3. The quantitative estimate of drug-likeness (QED) is 0.330. The molecule has 0 spiro atoms. The van der Waals surface area contributed by atoms with Crippen LogP contribution in [0.2, 0.25) is 0 Å². The first kappa shape index (κ1) is 12.6. The minimum absolute atomic E-state index is 0.828. The molecule has 0 aromatic rings. The maximum Gasteiger partial charge on any atom is 0.0415 e. The van der Waals surface area contributed by atoms with Gasteiger partial charge in [-0.3, -0.25) is 0 Å². The molecule has 0 amide bonds. The molecule has 0 rings (SSSR count). The zero-order valence-corrected chi connectivity index (χ0v) is 9.27. The summed E-state index contributed by atoms with van der Waals surface area (Å²) in [5.74, 6) is 0. The van der Waals surface area contributed by atoms with Gasteiger partial charge in [0, 0.05) is 18.8 Å². The molecule has 0 unspecified atom stereocenters. The van der Waals surface area contributed by atoms with E-state index in [1.807, 2.05) is 13.1 Å². The molecule has 0 fully saturated rings. The van der Waals surface area contributed by atoms with Gasteiger partial charge in [0.15, 0.2) is 0 Å². The van der Waals surface area contributed by atoms with Crippen LogP contribution in [0.3, 0.4) is 0 Å². The first-order chi connectivity index (χ1) is 6.24. The average Bonchev–Trinajstić information content (AvgIpc) is 2.16. The number of hydrazine groups is 1. The Morgan fingerprint density at radius 2 is 2.31 bits per heavy atom. The molecule has 0 aliphatic rings. The lowest BCUT2D eigenvalue weighted by molar-refractivity contribution is 0.393. The molecule has 0 aromatic carbocycles. The Kier molecular flexibility index (Phi) is 7.88. The molecule has 3 nitrogen and oxygen atoms in total. The Labute approximate surface area is 86.4 Å². The lowest BCUT2D eigenvalue weighted by atomic mass is 10.3. The topological polar surface area (TPSA) is 27.3 Å². The molecular weight excluding hydrogens is 182 g/mol. The zero-order chi connectivity index (χ0) is 10.1. The highest BCUT2D eigenvalue weighted by molar-refractivity contribution is 7.77. The highest BCUT2D eigenvalue weighted by Gasteiger charge is 1.94. The van der Waals surface area contributed by atoms with Crippen molar-refractivity contribution in [3.05, 3.63) is 24.4 Å². The van der Waals surface area contributed by atoms with Crippen molar-refractivity contribution in [2.45, 2.75) is 13.3 Å². The highest BCUT2D eigenvalue weighted by Crippen LogP contribution is 1.93. The van der Waals surface area contributed by atoms with Crippen molar-refractivity contribution in [3.8, 4) is 0 Å². The average molecular weight is 201 g/mol. The van der Waals surface area contributed by atoms with E-state index >= 15 is 0 Å². The van der Waals surface area contributed by atoms with Gasteiger partial charge in [0.05, 0.1) is 0 Å². The summed E-state index contributed by atoms with van der Waals surface area (Å²) in [5, 5.41) is 3.25. The Hall–Kier alpha value is -0.450. The van der Waals surface area contributed by atoms with Gasteiger partial charge in [-0.2, -0.15) is 4.41 Å². The number of rotatable bonds is 7. The monoisotopic (exact) mass is 201 g/mol. The fraction of sp³-hybridized carbons (Fsp3) is 0.556. The van der Waals surface area contributed by atoms with Gasteiger partial charge in [0.25, 0.3) is 0 Å². The van der Waals surface area contributed by atoms with Crippen molar-refractivity contribution in [2.24, 2.45) is 0 Å². The van der Waals surface area contributed by atoms with Crippen LogP contribution < -0.4 is 10.7 Å². The van der Waals surface area contributed by atoms with Gasteiger partial charge >= 0.3 is 0 Å². The van der Waals surface area contributed by atoms with Gasteiger partial charge in [-0.1, -0.05) is 32.4 Å². The lowest BCUT2D eigenvalue weighted by Gasteiger charge is -2.14. The van der Waals surface area contributed by atoms with Crippen LogP contribution in [0, 0.1) is 0 Å². The van der Waals surface area contributed by atoms with Crippen molar-refractivity contribution in [3.63, 3.8) is 0 Å². The number of hydrogen-bond acceptors (Lipinski definition) is 4. The largest absolute Gasteiger partial charge is 0.384 e. The summed E-state index contributed by atoms with van der Waals surface area (Å²) in [6.07, 6.45) is 4.95. The zero-order valence-electron chi connectivity index (χ0n) is 8.38. The molecule has 0 atom stereocenters. The molecular formula is C9H19N3S. The number of nitrogens with one attached hydrogen (secondary N) is 2. The van der Waals surface area contributed by atoms with Gasteiger partial charge in [0.1, 0.15) is 0 Å². The van der Waals surface area contributed by atoms with E-state index in [-0.39, 0.29) is 0 Å². The minimum Gasteiger partial charge on any atom is -0.384 e. The van der Waals surface area contributed by atoms with Crippen LogP contribution in [0.5, 0.6) is 0 Å². The number of thiol groups is 1. The second-order valence-corrected chi connectivity index (χ2v) is 3.03. The van der Waals surface area contributed by atoms with Crippen LogP contribution in [0.25, 0.3) is 0 Å². The molecule has 0 saturated heterocycles. The van der Waals surface area contributed by atoms with Gasteiger partial charge in [0.2, 0.25) is 0 Å². The number of allylic oxidation sites excluding steroid dienone is 2. The predicted molar refractivity (Wildman–Crippen MR) is 61.3 cm³/mol. The van der Waals surface area contributed by atoms with Crippen LogP contribution >= 0.6 is 12.8 Å². The summed E-state index contributed by atoms with van der Waals surface area (Å²) in [7, 11) is 1.84. The molecule has 4 heteroatoms. The minimum atomic E-state index is 0.828. The van der Waals surface area contributed by atoms with Crippen LogP contribution in [0.1, 0.15) is 13.3 Å². The Morgan fingerprint density at radius 3 is 2.77 bits per heavy atom. The summed E-state index contributed by atoms with van der Waals surface area (Å²) < 4.78 is 1.72. The fourth-order valence-electron chi connectivity index (χ4n) is 0.866. The molecule has 0 radical (unpaired) electrons. The van der Waals surface area contributed by atoms with E-state index in [1.54, 1.807) is 4.41 Å². The van der Waals surface area contributed by atoms with Crippen LogP contribution in [-0.4, -0.2) is 24.6 Å². The molecule has 0 aliphatic carbocycles. The summed E-state index contributed by atoms with van der Waals surface area (Å²) in [5.41, 5.74) is 3.98. The lowest BCUT2D eigenvalue weighted by Crippen LogP contribution is -2.32. The van der Waals surface area contributed by atoms with Crippen molar-refractivity contribution in [1.29, 1.82) is 0 Å². The Balaban J connectivity index is 3.61. The van der Waals surface area contributed by atoms with Crippen LogP contribution in [0.4, 0.5) is 0 Å². The molecule has 0 heterocycles. The van der Waals surface area contributed by atoms with E-state index in [9.17, 15) is 0 Å². The molecule has 13 heavy (non-hydrogen) atoms. The normalized spacial score (nSPS) is 11.8. The molecule has 0 saturated carbocycles. The molecule has 0 bridgehead atoms. The molecule has 2 N–H and O–H groups in total. The molecule has 0 aromatic heterocycles. The van der Waals surface area contributed by atoms with Crippen molar-refractivity contribution >= 4 is 12.8 Å². The van der Waals surface area contributed by atoms with Crippen LogP contribution in [-0.2, 0) is 0 Å². The molecule has 0 aliphatic heterocycles.